The summed E-state index contributed by atoms with van der Waals surface area (Å²) >= 11 is 0. The first-order chi connectivity index (χ1) is 12.7. The quantitative estimate of drug-likeness (QED) is 0.449. The van der Waals surface area contributed by atoms with Gasteiger partial charge in [0.05, 0.1) is 23.6 Å². The average Bonchev–Trinajstić information content (AvgIpc) is 2.68. The fourth-order valence-electron chi connectivity index (χ4n) is 2.68. The van der Waals surface area contributed by atoms with Gasteiger partial charge < -0.3 is 10.1 Å². The Morgan fingerprint density at radius 2 is 1.81 bits per heavy atom. The number of unbranched alkanes of at least 4 members (excludes halogenated alkanes) is 5. The van der Waals surface area contributed by atoms with Crippen LogP contribution in [0.2, 0.25) is 0 Å². The number of nitrogens with zero attached hydrogens (tertiary/aromatic N) is 2. The molecule has 0 atom stereocenters. The molecule has 0 saturated carbocycles. The topological polar surface area (TPSA) is 64.1 Å². The number of esters is 1. The Labute approximate surface area is 156 Å². The Hall–Kier alpha value is -2.43. The molecule has 0 aliphatic rings. The SMILES string of the molecule is CCCCCCCCNc1cccc(-c2ccc(C(=O)OCC)cn2)n1. The van der Waals surface area contributed by atoms with Gasteiger partial charge in [0.25, 0.3) is 0 Å². The molecule has 5 nitrogen and oxygen atoms in total. The van der Waals surface area contributed by atoms with Crippen molar-refractivity contribution in [2.24, 2.45) is 0 Å². The van der Waals surface area contributed by atoms with Gasteiger partial charge in [0.15, 0.2) is 0 Å². The number of aromatic nitrogens is 2. The summed E-state index contributed by atoms with van der Waals surface area (Å²) in [6.07, 6.45) is 9.19. The molecule has 140 valence electrons. The summed E-state index contributed by atoms with van der Waals surface area (Å²) in [4.78, 5) is 20.6. The number of carbonyl (C=O) groups is 1. The van der Waals surface area contributed by atoms with Gasteiger partial charge in [-0.15, -0.1) is 0 Å². The van der Waals surface area contributed by atoms with Crippen molar-refractivity contribution in [2.45, 2.75) is 52.4 Å². The van der Waals surface area contributed by atoms with E-state index in [-0.39, 0.29) is 5.97 Å². The maximum absolute atomic E-state index is 11.7. The predicted molar refractivity (Wildman–Crippen MR) is 105 cm³/mol. The van der Waals surface area contributed by atoms with E-state index in [2.05, 4.69) is 22.2 Å². The molecule has 0 radical (unpaired) electrons. The maximum Gasteiger partial charge on any atom is 0.339 e. The van der Waals surface area contributed by atoms with Gasteiger partial charge in [-0.1, -0.05) is 45.1 Å². The van der Waals surface area contributed by atoms with Gasteiger partial charge in [0.1, 0.15) is 5.82 Å². The van der Waals surface area contributed by atoms with Crippen molar-refractivity contribution in [1.29, 1.82) is 0 Å². The molecule has 0 aliphatic heterocycles. The van der Waals surface area contributed by atoms with Crippen molar-refractivity contribution < 1.29 is 9.53 Å². The standard InChI is InChI=1S/C21H29N3O2/c1-3-5-6-7-8-9-15-22-20-12-10-11-19(24-20)18-14-13-17(16-23-18)21(25)26-4-2/h10-14,16H,3-9,15H2,1-2H3,(H,22,24). The predicted octanol–water partition coefficient (Wildman–Crippen LogP) is 5.09. The molecule has 26 heavy (non-hydrogen) atoms. The summed E-state index contributed by atoms with van der Waals surface area (Å²) in [6, 6.07) is 9.37. The van der Waals surface area contributed by atoms with Gasteiger partial charge in [0.2, 0.25) is 0 Å². The van der Waals surface area contributed by atoms with Crippen LogP contribution in [-0.2, 0) is 4.74 Å². The summed E-state index contributed by atoms with van der Waals surface area (Å²) in [5.41, 5.74) is 1.97. The summed E-state index contributed by atoms with van der Waals surface area (Å²) < 4.78 is 4.97. The summed E-state index contributed by atoms with van der Waals surface area (Å²) in [5, 5.41) is 3.38. The molecule has 0 aliphatic carbocycles. The fraction of sp³-hybridized carbons (Fsp3) is 0.476. The van der Waals surface area contributed by atoms with E-state index in [4.69, 9.17) is 4.74 Å². The van der Waals surface area contributed by atoms with Crippen LogP contribution in [0.1, 0.15) is 62.7 Å². The zero-order chi connectivity index (χ0) is 18.6. The number of anilines is 1. The van der Waals surface area contributed by atoms with Crippen LogP contribution in [-0.4, -0.2) is 29.1 Å². The Kier molecular flexibility index (Phi) is 8.60. The molecule has 0 saturated heterocycles. The molecule has 0 aromatic carbocycles. The molecule has 0 fully saturated rings. The first-order valence-corrected chi connectivity index (χ1v) is 9.59. The molecular formula is C21H29N3O2. The van der Waals surface area contributed by atoms with Gasteiger partial charge >= 0.3 is 5.97 Å². The highest BCUT2D eigenvalue weighted by atomic mass is 16.5. The van der Waals surface area contributed by atoms with E-state index < -0.39 is 0 Å². The lowest BCUT2D eigenvalue weighted by atomic mass is 10.1. The van der Waals surface area contributed by atoms with Crippen molar-refractivity contribution in [3.63, 3.8) is 0 Å². The van der Waals surface area contributed by atoms with Crippen LogP contribution >= 0.6 is 0 Å². The summed E-state index contributed by atoms with van der Waals surface area (Å²) in [5.74, 6) is 0.501. The molecular weight excluding hydrogens is 326 g/mol. The Bertz CT molecular complexity index is 671. The Morgan fingerprint density at radius 3 is 2.54 bits per heavy atom. The Balaban J connectivity index is 1.87. The van der Waals surface area contributed by atoms with Crippen molar-refractivity contribution in [2.75, 3.05) is 18.5 Å². The van der Waals surface area contributed by atoms with E-state index in [1.807, 2.05) is 18.2 Å². The van der Waals surface area contributed by atoms with E-state index in [1.165, 1.54) is 38.3 Å². The second-order valence-corrected chi connectivity index (χ2v) is 6.26. The molecule has 2 rings (SSSR count). The highest BCUT2D eigenvalue weighted by molar-refractivity contribution is 5.89. The normalized spacial score (nSPS) is 10.5. The van der Waals surface area contributed by atoms with E-state index >= 15 is 0 Å². The third-order valence-corrected chi connectivity index (χ3v) is 4.12. The van der Waals surface area contributed by atoms with Crippen LogP contribution in [0.4, 0.5) is 5.82 Å². The number of hydrogen-bond donors (Lipinski definition) is 1. The van der Waals surface area contributed by atoms with Crippen LogP contribution in [0, 0.1) is 0 Å². The van der Waals surface area contributed by atoms with Gasteiger partial charge in [-0.3, -0.25) is 4.98 Å². The number of ether oxygens (including phenoxy) is 1. The van der Waals surface area contributed by atoms with Crippen molar-refractivity contribution in [3.05, 3.63) is 42.1 Å². The van der Waals surface area contributed by atoms with Crippen molar-refractivity contribution in [1.82, 2.24) is 9.97 Å². The number of hydrogen-bond acceptors (Lipinski definition) is 5. The molecule has 0 amide bonds. The van der Waals surface area contributed by atoms with Crippen LogP contribution in [0.5, 0.6) is 0 Å². The van der Waals surface area contributed by atoms with E-state index in [1.54, 1.807) is 19.1 Å². The van der Waals surface area contributed by atoms with Gasteiger partial charge in [0, 0.05) is 12.7 Å². The summed E-state index contributed by atoms with van der Waals surface area (Å²) in [6.45, 7) is 5.30. The minimum atomic E-state index is -0.353. The maximum atomic E-state index is 11.7. The fourth-order valence-corrected chi connectivity index (χ4v) is 2.68. The molecule has 0 bridgehead atoms. The highest BCUT2D eigenvalue weighted by Crippen LogP contribution is 2.17. The summed E-state index contributed by atoms with van der Waals surface area (Å²) in [7, 11) is 0. The number of carbonyl (C=O) groups excluding carboxylic acids is 1. The third-order valence-electron chi connectivity index (χ3n) is 4.12. The highest BCUT2D eigenvalue weighted by Gasteiger charge is 2.08. The molecule has 2 heterocycles. The van der Waals surface area contributed by atoms with Gasteiger partial charge in [-0.2, -0.15) is 0 Å². The first-order valence-electron chi connectivity index (χ1n) is 9.59. The molecule has 1 N–H and O–H groups in total. The first kappa shape index (κ1) is 19.9. The van der Waals surface area contributed by atoms with Crippen molar-refractivity contribution >= 4 is 11.8 Å². The zero-order valence-corrected chi connectivity index (χ0v) is 15.8. The zero-order valence-electron chi connectivity index (χ0n) is 15.8. The lowest BCUT2D eigenvalue weighted by Gasteiger charge is -2.08. The van der Waals surface area contributed by atoms with Crippen molar-refractivity contribution in [3.8, 4) is 11.4 Å². The van der Waals surface area contributed by atoms with Crippen LogP contribution in [0.25, 0.3) is 11.4 Å². The minimum Gasteiger partial charge on any atom is -0.462 e. The molecule has 2 aromatic heterocycles. The Morgan fingerprint density at radius 1 is 1.00 bits per heavy atom. The lowest BCUT2D eigenvalue weighted by molar-refractivity contribution is 0.0526. The average molecular weight is 355 g/mol. The van der Waals surface area contributed by atoms with Gasteiger partial charge in [-0.25, -0.2) is 9.78 Å². The van der Waals surface area contributed by atoms with Crippen LogP contribution < -0.4 is 5.32 Å². The monoisotopic (exact) mass is 355 g/mol. The number of nitrogens with one attached hydrogen (secondary N) is 1. The number of rotatable bonds is 11. The second kappa shape index (κ2) is 11.2. The molecule has 0 unspecified atom stereocenters. The lowest BCUT2D eigenvalue weighted by Crippen LogP contribution is -2.05. The number of pyridine rings is 2. The second-order valence-electron chi connectivity index (χ2n) is 6.26. The molecule has 0 spiro atoms. The van der Waals surface area contributed by atoms with Crippen LogP contribution in [0.3, 0.4) is 0 Å². The van der Waals surface area contributed by atoms with E-state index in [0.29, 0.717) is 12.2 Å². The third kappa shape index (κ3) is 6.47. The molecule has 5 heteroatoms. The molecule has 2 aromatic rings. The van der Waals surface area contributed by atoms with Gasteiger partial charge in [-0.05, 0) is 37.6 Å². The largest absolute Gasteiger partial charge is 0.462 e. The van der Waals surface area contributed by atoms with E-state index in [9.17, 15) is 4.79 Å². The van der Waals surface area contributed by atoms with E-state index in [0.717, 1.165) is 30.2 Å². The van der Waals surface area contributed by atoms with Crippen LogP contribution in [0.15, 0.2) is 36.5 Å². The minimum absolute atomic E-state index is 0.353. The smallest absolute Gasteiger partial charge is 0.339 e.